The zero-order valence-electron chi connectivity index (χ0n) is 8.56. The molecule has 0 saturated carbocycles. The van der Waals surface area contributed by atoms with Crippen LogP contribution in [-0.2, 0) is 4.84 Å². The molecule has 0 bridgehead atoms. The average Bonchev–Trinajstić information content (AvgIpc) is 2.66. The molecule has 0 unspecified atom stereocenters. The van der Waals surface area contributed by atoms with Crippen molar-refractivity contribution in [2.75, 3.05) is 25.1 Å². The first-order valence-corrected chi connectivity index (χ1v) is 4.83. The molecule has 1 fully saturated rings. The van der Waals surface area contributed by atoms with Crippen molar-refractivity contribution < 1.29 is 15.1 Å². The molecule has 2 amide bonds. The fourth-order valence-corrected chi connectivity index (χ4v) is 1.59. The van der Waals surface area contributed by atoms with Crippen molar-refractivity contribution in [3.8, 4) is 0 Å². The summed E-state index contributed by atoms with van der Waals surface area (Å²) in [5.41, 5.74) is 3.56. The van der Waals surface area contributed by atoms with Crippen molar-refractivity contribution in [2.45, 2.75) is 0 Å². The van der Waals surface area contributed by atoms with Gasteiger partial charge >= 0.3 is 6.03 Å². The van der Waals surface area contributed by atoms with E-state index in [2.05, 4.69) is 5.32 Å². The fourth-order valence-electron chi connectivity index (χ4n) is 1.59. The van der Waals surface area contributed by atoms with Crippen LogP contribution in [0.1, 0.15) is 0 Å². The van der Waals surface area contributed by atoms with E-state index in [0.717, 1.165) is 17.9 Å². The summed E-state index contributed by atoms with van der Waals surface area (Å²) in [6, 6.07) is 7.64. The minimum absolute atomic E-state index is 0.0292. The van der Waals surface area contributed by atoms with Crippen LogP contribution in [0.25, 0.3) is 0 Å². The van der Waals surface area contributed by atoms with Crippen LogP contribution in [0, 0.1) is 0 Å². The molecule has 80 valence electrons. The predicted octanol–water partition coefficient (Wildman–Crippen LogP) is -0.0275. The van der Waals surface area contributed by atoms with Crippen molar-refractivity contribution in [3.63, 3.8) is 0 Å². The highest BCUT2D eigenvalue weighted by molar-refractivity contribution is 5.94. The third kappa shape index (κ3) is 2.08. The van der Waals surface area contributed by atoms with E-state index in [9.17, 15) is 4.79 Å². The molecule has 1 aromatic rings. The molecule has 1 heterocycles. The third-order valence-corrected chi connectivity index (χ3v) is 2.32. The standard InChI is InChI=1S/C10H13N3O2/c1-15-12-8-2-4-9(5-3-8)13-7-6-11-10(13)14/h2-5,12H,6-7H2,1H3,(H,11,14)/p+1. The number of nitrogens with one attached hydrogen (secondary N) is 1. The highest BCUT2D eigenvalue weighted by Gasteiger charge is 2.20. The minimum atomic E-state index is -0.0292. The molecular formula is C10H14N3O2+. The molecule has 0 spiro atoms. The van der Waals surface area contributed by atoms with E-state index in [1.165, 1.54) is 0 Å². The Labute approximate surface area is 88.0 Å². The number of carbonyl (C=O) groups is 1. The van der Waals surface area contributed by atoms with Crippen LogP contribution in [0.15, 0.2) is 24.3 Å². The van der Waals surface area contributed by atoms with Gasteiger partial charge in [-0.25, -0.2) is 9.63 Å². The van der Waals surface area contributed by atoms with Crippen LogP contribution in [0.2, 0.25) is 0 Å². The number of rotatable bonds is 3. The number of nitrogens with two attached hydrogens (primary N) is 1. The number of quaternary nitrogens is 1. The smallest absolute Gasteiger partial charge is 0.321 e. The van der Waals surface area contributed by atoms with Crippen molar-refractivity contribution in [1.82, 2.24) is 5.32 Å². The van der Waals surface area contributed by atoms with Crippen molar-refractivity contribution in [2.24, 2.45) is 0 Å². The molecule has 0 atom stereocenters. The van der Waals surface area contributed by atoms with E-state index < -0.39 is 0 Å². The molecule has 1 aliphatic rings. The second kappa shape index (κ2) is 4.29. The fraction of sp³-hybridized carbons (Fsp3) is 0.300. The highest BCUT2D eigenvalue weighted by atomic mass is 16.6. The number of anilines is 1. The first-order valence-electron chi connectivity index (χ1n) is 4.83. The Morgan fingerprint density at radius 1 is 1.40 bits per heavy atom. The molecule has 1 aromatic carbocycles. The second-order valence-corrected chi connectivity index (χ2v) is 3.33. The monoisotopic (exact) mass is 208 g/mol. The zero-order valence-corrected chi connectivity index (χ0v) is 8.56. The van der Waals surface area contributed by atoms with Crippen LogP contribution in [0.3, 0.4) is 0 Å². The Kier molecular flexibility index (Phi) is 2.84. The highest BCUT2D eigenvalue weighted by Crippen LogP contribution is 2.17. The number of benzene rings is 1. The van der Waals surface area contributed by atoms with E-state index in [1.54, 1.807) is 17.5 Å². The number of nitrogens with zero attached hydrogens (tertiary/aromatic N) is 1. The lowest BCUT2D eigenvalue weighted by atomic mass is 10.2. The Hall–Kier alpha value is -1.59. The van der Waals surface area contributed by atoms with Crippen LogP contribution in [-0.4, -0.2) is 26.2 Å². The summed E-state index contributed by atoms with van der Waals surface area (Å²) in [6.45, 7) is 1.44. The molecule has 0 aliphatic carbocycles. The molecule has 1 saturated heterocycles. The topological polar surface area (TPSA) is 58.2 Å². The lowest BCUT2D eigenvalue weighted by Crippen LogP contribution is -2.75. The summed E-state index contributed by atoms with van der Waals surface area (Å²) in [6.07, 6.45) is 0. The molecular weight excluding hydrogens is 194 g/mol. The second-order valence-electron chi connectivity index (χ2n) is 3.33. The van der Waals surface area contributed by atoms with Gasteiger partial charge in [0, 0.05) is 30.9 Å². The summed E-state index contributed by atoms with van der Waals surface area (Å²) in [5, 5.41) is 2.76. The van der Waals surface area contributed by atoms with Gasteiger partial charge < -0.3 is 5.32 Å². The molecule has 5 nitrogen and oxygen atoms in total. The molecule has 2 rings (SSSR count). The first-order chi connectivity index (χ1) is 7.31. The van der Waals surface area contributed by atoms with Crippen LogP contribution in [0.4, 0.5) is 16.2 Å². The van der Waals surface area contributed by atoms with Gasteiger partial charge in [-0.2, -0.15) is 5.48 Å². The maximum atomic E-state index is 11.4. The molecule has 0 aromatic heterocycles. The molecule has 15 heavy (non-hydrogen) atoms. The summed E-state index contributed by atoms with van der Waals surface area (Å²) >= 11 is 0. The van der Waals surface area contributed by atoms with Gasteiger partial charge in [-0.15, -0.1) is 0 Å². The number of amides is 2. The first kappa shape index (κ1) is 9.95. The zero-order chi connectivity index (χ0) is 10.7. The lowest BCUT2D eigenvalue weighted by molar-refractivity contribution is -0.830. The Bertz CT molecular complexity index is 350. The van der Waals surface area contributed by atoms with Gasteiger partial charge in [0.15, 0.2) is 5.69 Å². The SMILES string of the molecule is CO[NH2+]c1ccc(N2CCNC2=O)cc1. The molecule has 0 radical (unpaired) electrons. The largest absolute Gasteiger partial charge is 0.336 e. The molecule has 1 aliphatic heterocycles. The minimum Gasteiger partial charge on any atom is -0.336 e. The normalized spacial score (nSPS) is 15.5. The Morgan fingerprint density at radius 2 is 2.13 bits per heavy atom. The predicted molar refractivity (Wildman–Crippen MR) is 55.8 cm³/mol. The van der Waals surface area contributed by atoms with E-state index >= 15 is 0 Å². The summed E-state index contributed by atoms with van der Waals surface area (Å²) in [7, 11) is 1.61. The van der Waals surface area contributed by atoms with Gasteiger partial charge in [-0.05, 0) is 12.1 Å². The number of urea groups is 1. The van der Waals surface area contributed by atoms with Gasteiger partial charge in [0.2, 0.25) is 0 Å². The average molecular weight is 208 g/mol. The van der Waals surface area contributed by atoms with Gasteiger partial charge in [0.05, 0.1) is 7.11 Å². The maximum absolute atomic E-state index is 11.4. The number of hydrogen-bond donors (Lipinski definition) is 2. The third-order valence-electron chi connectivity index (χ3n) is 2.32. The summed E-state index contributed by atoms with van der Waals surface area (Å²) in [5.74, 6) is 0. The van der Waals surface area contributed by atoms with E-state index in [-0.39, 0.29) is 6.03 Å². The number of hydrogen-bond acceptors (Lipinski definition) is 2. The van der Waals surface area contributed by atoms with Crippen LogP contribution in [0.5, 0.6) is 0 Å². The van der Waals surface area contributed by atoms with Gasteiger partial charge in [-0.3, -0.25) is 4.90 Å². The van der Waals surface area contributed by atoms with E-state index in [1.807, 2.05) is 24.3 Å². The molecule has 3 N–H and O–H groups in total. The van der Waals surface area contributed by atoms with Crippen molar-refractivity contribution in [1.29, 1.82) is 0 Å². The van der Waals surface area contributed by atoms with Crippen molar-refractivity contribution >= 4 is 17.4 Å². The van der Waals surface area contributed by atoms with Gasteiger partial charge in [-0.1, -0.05) is 0 Å². The maximum Gasteiger partial charge on any atom is 0.321 e. The number of carbonyl (C=O) groups excluding carboxylic acids is 1. The summed E-state index contributed by atoms with van der Waals surface area (Å²) < 4.78 is 0. The van der Waals surface area contributed by atoms with Gasteiger partial charge in [0.1, 0.15) is 0 Å². The van der Waals surface area contributed by atoms with E-state index in [4.69, 9.17) is 4.84 Å². The Balaban J connectivity index is 2.12. The van der Waals surface area contributed by atoms with Crippen LogP contribution >= 0.6 is 0 Å². The van der Waals surface area contributed by atoms with Gasteiger partial charge in [0.25, 0.3) is 0 Å². The quantitative estimate of drug-likeness (QED) is 0.541. The van der Waals surface area contributed by atoms with Crippen molar-refractivity contribution in [3.05, 3.63) is 24.3 Å². The van der Waals surface area contributed by atoms with E-state index in [0.29, 0.717) is 6.54 Å². The Morgan fingerprint density at radius 3 is 2.67 bits per heavy atom. The lowest BCUT2D eigenvalue weighted by Gasteiger charge is -2.13. The summed E-state index contributed by atoms with van der Waals surface area (Å²) in [4.78, 5) is 18.0. The van der Waals surface area contributed by atoms with Crippen LogP contribution < -0.4 is 15.7 Å². The molecule has 5 heteroatoms.